The fourth-order valence-corrected chi connectivity index (χ4v) is 4.19. The lowest BCUT2D eigenvalue weighted by atomic mass is 9.91. The van der Waals surface area contributed by atoms with Crippen molar-refractivity contribution in [2.75, 3.05) is 13.1 Å². The quantitative estimate of drug-likeness (QED) is 0.510. The van der Waals surface area contributed by atoms with Gasteiger partial charge in [0.25, 0.3) is 11.5 Å². The number of carbonyl (C=O) groups excluding carboxylic acids is 1. The maximum atomic E-state index is 13.2. The lowest BCUT2D eigenvalue weighted by molar-refractivity contribution is -0.0304. The fourth-order valence-electron chi connectivity index (χ4n) is 4.19. The highest BCUT2D eigenvalue weighted by Crippen LogP contribution is 2.25. The third-order valence-corrected chi connectivity index (χ3v) is 6.05. The van der Waals surface area contributed by atoms with Crippen LogP contribution in [0.2, 0.25) is 0 Å². The first kappa shape index (κ1) is 21.1. The predicted molar refractivity (Wildman–Crippen MR) is 117 cm³/mol. The molecule has 0 bridgehead atoms. The highest BCUT2D eigenvalue weighted by molar-refractivity contribution is 5.91. The van der Waals surface area contributed by atoms with Gasteiger partial charge in [-0.15, -0.1) is 0 Å². The van der Waals surface area contributed by atoms with Gasteiger partial charge in [-0.3, -0.25) is 14.2 Å². The standard InChI is InChI=1S/C23H22FN5O4/c1-15-25-12-19(33-15)22(31)27-10-7-23(32,8-11-27)13-28-14-26-20-18(21(28)30)6-9-29(20)17-4-2-16(24)3-5-17/h2-6,9,12,14,32H,7-8,10-11,13H2,1H3. The maximum Gasteiger partial charge on any atom is 0.291 e. The van der Waals surface area contributed by atoms with Crippen LogP contribution < -0.4 is 5.56 Å². The van der Waals surface area contributed by atoms with Gasteiger partial charge in [0.2, 0.25) is 5.76 Å². The molecule has 5 rings (SSSR count). The number of aliphatic hydroxyl groups is 1. The summed E-state index contributed by atoms with van der Waals surface area (Å²) in [6.07, 6.45) is 5.15. The molecule has 9 nitrogen and oxygen atoms in total. The molecule has 0 radical (unpaired) electrons. The van der Waals surface area contributed by atoms with Crippen LogP contribution in [0, 0.1) is 12.7 Å². The summed E-state index contributed by atoms with van der Waals surface area (Å²) in [7, 11) is 0. The Hall–Kier alpha value is -3.79. The number of carbonyl (C=O) groups is 1. The van der Waals surface area contributed by atoms with E-state index in [4.69, 9.17) is 4.42 Å². The average Bonchev–Trinajstić information content (AvgIpc) is 3.43. The first-order chi connectivity index (χ1) is 15.8. The molecule has 1 aliphatic rings. The largest absolute Gasteiger partial charge is 0.436 e. The minimum atomic E-state index is -1.15. The summed E-state index contributed by atoms with van der Waals surface area (Å²) >= 11 is 0. The second-order valence-electron chi connectivity index (χ2n) is 8.34. The van der Waals surface area contributed by atoms with Gasteiger partial charge < -0.3 is 19.0 Å². The van der Waals surface area contributed by atoms with Gasteiger partial charge in [-0.25, -0.2) is 14.4 Å². The molecule has 0 atom stereocenters. The molecule has 4 aromatic rings. The highest BCUT2D eigenvalue weighted by atomic mass is 19.1. The molecular weight excluding hydrogens is 429 g/mol. The van der Waals surface area contributed by atoms with E-state index in [0.29, 0.717) is 48.5 Å². The van der Waals surface area contributed by atoms with E-state index in [1.165, 1.54) is 29.2 Å². The zero-order valence-electron chi connectivity index (χ0n) is 17.9. The molecular formula is C23H22FN5O4. The second kappa shape index (κ2) is 7.96. The molecule has 3 aromatic heterocycles. The zero-order chi connectivity index (χ0) is 23.2. The van der Waals surface area contributed by atoms with E-state index in [1.807, 2.05) is 0 Å². The second-order valence-corrected chi connectivity index (χ2v) is 8.34. The maximum absolute atomic E-state index is 13.2. The molecule has 1 amide bonds. The van der Waals surface area contributed by atoms with Crippen LogP contribution in [-0.2, 0) is 6.54 Å². The SMILES string of the molecule is Cc1ncc(C(=O)N2CCC(O)(Cn3cnc4c(ccn4-c4ccc(F)cc4)c3=O)CC2)o1. The number of halogens is 1. The number of likely N-dealkylation sites (tertiary alicyclic amines) is 1. The first-order valence-electron chi connectivity index (χ1n) is 10.6. The van der Waals surface area contributed by atoms with E-state index in [2.05, 4.69) is 9.97 Å². The molecule has 1 aliphatic heterocycles. The first-order valence-corrected chi connectivity index (χ1v) is 10.6. The lowest BCUT2D eigenvalue weighted by Gasteiger charge is -2.38. The van der Waals surface area contributed by atoms with Crippen molar-refractivity contribution in [2.24, 2.45) is 0 Å². The summed E-state index contributed by atoms with van der Waals surface area (Å²) in [5.74, 6) is -0.0145. The number of fused-ring (bicyclic) bond motifs is 1. The van der Waals surface area contributed by atoms with Gasteiger partial charge in [0.05, 0.1) is 23.7 Å². The zero-order valence-corrected chi connectivity index (χ0v) is 17.9. The Bertz CT molecular complexity index is 1380. The van der Waals surface area contributed by atoms with Crippen LogP contribution in [-0.4, -0.2) is 53.7 Å². The molecule has 0 unspecified atom stereocenters. The predicted octanol–water partition coefficient (Wildman–Crippen LogP) is 2.29. The topological polar surface area (TPSA) is 106 Å². The molecule has 1 fully saturated rings. The van der Waals surface area contributed by atoms with Crippen molar-refractivity contribution in [3.63, 3.8) is 0 Å². The Balaban J connectivity index is 1.33. The van der Waals surface area contributed by atoms with Gasteiger partial charge >= 0.3 is 0 Å². The normalized spacial score (nSPS) is 15.8. The van der Waals surface area contributed by atoms with Crippen LogP contribution in [0.3, 0.4) is 0 Å². The van der Waals surface area contributed by atoms with Crippen molar-refractivity contribution < 1.29 is 18.7 Å². The minimum Gasteiger partial charge on any atom is -0.436 e. The number of benzene rings is 1. The van der Waals surface area contributed by atoms with Gasteiger partial charge in [-0.2, -0.15) is 0 Å². The number of nitrogens with zero attached hydrogens (tertiary/aromatic N) is 5. The molecule has 1 N–H and O–H groups in total. The summed E-state index contributed by atoms with van der Waals surface area (Å²) in [5.41, 5.74) is -0.275. The van der Waals surface area contributed by atoms with E-state index in [1.54, 1.807) is 40.8 Å². The molecule has 4 heterocycles. The third kappa shape index (κ3) is 3.93. The Morgan fingerprint density at radius 2 is 1.91 bits per heavy atom. The Morgan fingerprint density at radius 3 is 2.58 bits per heavy atom. The van der Waals surface area contributed by atoms with E-state index >= 15 is 0 Å². The Labute approximate surface area is 187 Å². The Kier molecular flexibility index (Phi) is 5.09. The molecule has 1 saturated heterocycles. The molecule has 170 valence electrons. The molecule has 33 heavy (non-hydrogen) atoms. The monoisotopic (exact) mass is 451 g/mol. The van der Waals surface area contributed by atoms with E-state index in [-0.39, 0.29) is 29.6 Å². The van der Waals surface area contributed by atoms with Gasteiger partial charge in [-0.1, -0.05) is 0 Å². The Morgan fingerprint density at radius 1 is 1.18 bits per heavy atom. The number of piperidine rings is 1. The van der Waals surface area contributed by atoms with Gasteiger partial charge in [0, 0.05) is 31.9 Å². The smallest absolute Gasteiger partial charge is 0.291 e. The number of hydrogen-bond donors (Lipinski definition) is 1. The van der Waals surface area contributed by atoms with Crippen LogP contribution in [0.4, 0.5) is 4.39 Å². The molecule has 1 aromatic carbocycles. The van der Waals surface area contributed by atoms with Crippen molar-refractivity contribution in [3.05, 3.63) is 76.9 Å². The van der Waals surface area contributed by atoms with Crippen molar-refractivity contribution in [1.29, 1.82) is 0 Å². The summed E-state index contributed by atoms with van der Waals surface area (Å²) in [6.45, 7) is 2.41. The van der Waals surface area contributed by atoms with Gasteiger partial charge in [-0.05, 0) is 43.2 Å². The number of amides is 1. The molecule has 0 spiro atoms. The number of oxazole rings is 1. The lowest BCUT2D eigenvalue weighted by Crippen LogP contribution is -2.49. The van der Waals surface area contributed by atoms with E-state index < -0.39 is 5.60 Å². The summed E-state index contributed by atoms with van der Waals surface area (Å²) in [5, 5.41) is 11.5. The van der Waals surface area contributed by atoms with Crippen LogP contribution in [0.25, 0.3) is 16.7 Å². The van der Waals surface area contributed by atoms with Crippen LogP contribution in [0.5, 0.6) is 0 Å². The summed E-state index contributed by atoms with van der Waals surface area (Å²) in [6, 6.07) is 7.58. The highest BCUT2D eigenvalue weighted by Gasteiger charge is 2.35. The van der Waals surface area contributed by atoms with Gasteiger partial charge in [0.15, 0.2) is 11.5 Å². The summed E-state index contributed by atoms with van der Waals surface area (Å²) in [4.78, 5) is 35.6. The molecule has 0 saturated carbocycles. The van der Waals surface area contributed by atoms with Crippen LogP contribution in [0.15, 0.2) is 58.3 Å². The number of rotatable bonds is 4. The van der Waals surface area contributed by atoms with Crippen molar-refractivity contribution in [2.45, 2.75) is 31.9 Å². The van der Waals surface area contributed by atoms with Crippen molar-refractivity contribution >= 4 is 16.9 Å². The fraction of sp³-hybridized carbons (Fsp3) is 0.304. The average molecular weight is 451 g/mol. The number of aromatic nitrogens is 4. The molecule has 10 heteroatoms. The van der Waals surface area contributed by atoms with Crippen LogP contribution >= 0.6 is 0 Å². The van der Waals surface area contributed by atoms with Crippen molar-refractivity contribution in [1.82, 2.24) is 24.0 Å². The van der Waals surface area contributed by atoms with Crippen molar-refractivity contribution in [3.8, 4) is 5.69 Å². The minimum absolute atomic E-state index is 0.0694. The summed E-state index contributed by atoms with van der Waals surface area (Å²) < 4.78 is 21.7. The number of hydrogen-bond acceptors (Lipinski definition) is 6. The third-order valence-electron chi connectivity index (χ3n) is 6.05. The number of aryl methyl sites for hydroxylation is 1. The molecule has 0 aliphatic carbocycles. The van der Waals surface area contributed by atoms with E-state index in [9.17, 15) is 19.1 Å². The van der Waals surface area contributed by atoms with Gasteiger partial charge in [0.1, 0.15) is 12.1 Å². The van der Waals surface area contributed by atoms with Crippen LogP contribution in [0.1, 0.15) is 29.3 Å². The van der Waals surface area contributed by atoms with E-state index in [0.717, 1.165) is 0 Å².